The van der Waals surface area contributed by atoms with Crippen molar-refractivity contribution < 1.29 is 13.5 Å². The van der Waals surface area contributed by atoms with Crippen LogP contribution in [0.3, 0.4) is 0 Å². The van der Waals surface area contributed by atoms with Crippen molar-refractivity contribution in [3.05, 3.63) is 51.8 Å². The second-order valence-electron chi connectivity index (χ2n) is 4.73. The van der Waals surface area contributed by atoms with Crippen LogP contribution in [0.4, 0.5) is 10.2 Å². The van der Waals surface area contributed by atoms with Gasteiger partial charge in [0.2, 0.25) is 0 Å². The summed E-state index contributed by atoms with van der Waals surface area (Å²) in [5.74, 6) is -1.33. The smallest absolute Gasteiger partial charge is 0.369 e. The fourth-order valence-electron chi connectivity index (χ4n) is 1.60. The van der Waals surface area contributed by atoms with Crippen molar-refractivity contribution in [2.24, 2.45) is 4.99 Å². The number of rotatable bonds is 4. The van der Waals surface area contributed by atoms with Crippen molar-refractivity contribution in [2.45, 2.75) is 4.90 Å². The van der Waals surface area contributed by atoms with Crippen molar-refractivity contribution in [1.29, 1.82) is 0 Å². The van der Waals surface area contributed by atoms with E-state index < -0.39 is 28.1 Å². The number of nitrogens with zero attached hydrogens (tertiary/aromatic N) is 4. The first kappa shape index (κ1) is 17.4. The van der Waals surface area contributed by atoms with E-state index in [1.807, 2.05) is 0 Å². The largest absolute Gasteiger partial charge is 0.371 e. The third-order valence-electron chi connectivity index (χ3n) is 2.67. The molecule has 1 aromatic carbocycles. The van der Waals surface area contributed by atoms with Crippen molar-refractivity contribution >= 4 is 34.5 Å². The van der Waals surface area contributed by atoms with Crippen LogP contribution in [-0.2, 0) is 0 Å². The van der Waals surface area contributed by atoms with Gasteiger partial charge >= 0.3 is 5.69 Å². The van der Waals surface area contributed by atoms with Crippen LogP contribution in [0.5, 0.6) is 0 Å². The fraction of sp³-hybridized carbons (Fsp3) is 0.154. The molecule has 1 atom stereocenters. The maximum atomic E-state index is 14.0. The zero-order valence-corrected chi connectivity index (χ0v) is 13.8. The molecular weight excluding hydrogens is 347 g/mol. The predicted molar refractivity (Wildman–Crippen MR) is 89.2 cm³/mol. The number of halogens is 2. The molecule has 0 amide bonds. The molecule has 0 fully saturated rings. The molecule has 0 aliphatic carbocycles. The highest BCUT2D eigenvalue weighted by Gasteiger charge is 2.26. The highest BCUT2D eigenvalue weighted by Crippen LogP contribution is 2.48. The highest BCUT2D eigenvalue weighted by atomic mass is 35.5. The molecule has 0 aliphatic heterocycles. The van der Waals surface area contributed by atoms with Crippen LogP contribution in [0.25, 0.3) is 0 Å². The molecule has 124 valence electrons. The standard InChI is InChI=1S/C13H14ClFN4O3S/c1-18(2)8-16-12-11(15)7-19(13(20)17-12)23(21,22)10-5-3-9(14)4-6-10/h3-8,21-22H,1-2H3/p+1. The Morgan fingerprint density at radius 3 is 2.61 bits per heavy atom. The minimum atomic E-state index is -3.53. The summed E-state index contributed by atoms with van der Waals surface area (Å²) in [5.41, 5.74) is -0.972. The van der Waals surface area contributed by atoms with Crippen LogP contribution in [0.15, 0.2) is 45.1 Å². The van der Waals surface area contributed by atoms with E-state index in [2.05, 4.69) is 9.98 Å². The number of aromatic nitrogens is 2. The molecule has 23 heavy (non-hydrogen) atoms. The van der Waals surface area contributed by atoms with Crippen LogP contribution in [0, 0.1) is 5.82 Å². The first-order chi connectivity index (χ1) is 10.7. The third kappa shape index (κ3) is 3.88. The van der Waals surface area contributed by atoms with Gasteiger partial charge in [-0.3, -0.25) is 0 Å². The zero-order valence-electron chi connectivity index (χ0n) is 12.3. The summed E-state index contributed by atoms with van der Waals surface area (Å²) in [5, 5.41) is 0.411. The van der Waals surface area contributed by atoms with Crippen molar-refractivity contribution in [3.63, 3.8) is 0 Å². The minimum Gasteiger partial charge on any atom is -0.369 e. The topological polar surface area (TPSA) is 93.6 Å². The Bertz CT molecular complexity index is 793. The van der Waals surface area contributed by atoms with Gasteiger partial charge in [0, 0.05) is 29.9 Å². The van der Waals surface area contributed by atoms with E-state index >= 15 is 0 Å². The Labute approximate surface area is 138 Å². The second kappa shape index (κ2) is 6.67. The van der Waals surface area contributed by atoms with Crippen molar-refractivity contribution in [1.82, 2.24) is 13.9 Å². The number of aliphatic imine (C=N–C) groups is 1. The molecule has 3 N–H and O–H groups in total. The average Bonchev–Trinajstić information content (AvgIpc) is 2.48. The Balaban J connectivity index is 2.49. The van der Waals surface area contributed by atoms with Gasteiger partial charge in [-0.25, -0.2) is 18.7 Å². The van der Waals surface area contributed by atoms with Gasteiger partial charge in [0.1, 0.15) is 4.90 Å². The molecule has 0 radical (unpaired) electrons. The lowest BCUT2D eigenvalue weighted by Crippen LogP contribution is -2.27. The summed E-state index contributed by atoms with van der Waals surface area (Å²) in [6, 6.07) is 5.72. The van der Waals surface area contributed by atoms with E-state index in [0.29, 0.717) is 9.00 Å². The van der Waals surface area contributed by atoms with Gasteiger partial charge in [-0.15, -0.1) is 0 Å². The van der Waals surface area contributed by atoms with Crippen LogP contribution in [0.1, 0.15) is 0 Å². The Morgan fingerprint density at radius 1 is 1.43 bits per heavy atom. The van der Waals surface area contributed by atoms with Crippen LogP contribution < -0.4 is 5.69 Å². The first-order valence-corrected chi connectivity index (χ1v) is 8.20. The van der Waals surface area contributed by atoms with E-state index in [4.69, 9.17) is 16.2 Å². The molecule has 0 saturated carbocycles. The quantitative estimate of drug-likeness (QED) is 0.512. The SMILES string of the molecule is CN(C)C=Nc1nc(=O)n(S(O)([OH2+])c2ccc(Cl)cc2)cc1F. The van der Waals surface area contributed by atoms with E-state index in [1.54, 1.807) is 19.0 Å². The molecule has 0 bridgehead atoms. The van der Waals surface area contributed by atoms with E-state index in [0.717, 1.165) is 6.20 Å². The maximum absolute atomic E-state index is 14.0. The fourth-order valence-corrected chi connectivity index (χ4v) is 2.98. The normalized spacial score (nSPS) is 15.4. The zero-order chi connectivity index (χ0) is 17.2. The van der Waals surface area contributed by atoms with Gasteiger partial charge < -0.3 is 9.45 Å². The summed E-state index contributed by atoms with van der Waals surface area (Å²) >= 11 is 5.75. The summed E-state index contributed by atoms with van der Waals surface area (Å²) in [4.78, 5) is 20.9. The van der Waals surface area contributed by atoms with Crippen molar-refractivity contribution in [2.75, 3.05) is 14.1 Å². The van der Waals surface area contributed by atoms with Gasteiger partial charge in [-0.05, 0) is 24.3 Å². The predicted octanol–water partition coefficient (Wildman–Crippen LogP) is 2.00. The third-order valence-corrected chi connectivity index (χ3v) is 4.68. The lowest BCUT2D eigenvalue weighted by Gasteiger charge is -2.28. The molecule has 1 aromatic heterocycles. The summed E-state index contributed by atoms with van der Waals surface area (Å²) in [6.45, 7) is 0. The molecule has 0 aliphatic rings. The van der Waals surface area contributed by atoms with Gasteiger partial charge in [0.05, 0.1) is 12.5 Å². The Hall–Kier alpha value is -1.94. The molecular formula is C13H15ClFN4O3S+. The summed E-state index contributed by atoms with van der Waals surface area (Å²) in [6.07, 6.45) is 2.02. The van der Waals surface area contributed by atoms with Crippen molar-refractivity contribution in [3.8, 4) is 0 Å². The molecule has 0 spiro atoms. The molecule has 0 saturated heterocycles. The van der Waals surface area contributed by atoms with E-state index in [9.17, 15) is 13.7 Å². The molecule has 1 heterocycles. The second-order valence-corrected chi connectivity index (χ2v) is 7.13. The van der Waals surface area contributed by atoms with Gasteiger partial charge in [0.15, 0.2) is 11.6 Å². The first-order valence-electron chi connectivity index (χ1n) is 6.28. The molecule has 2 aromatic rings. The van der Waals surface area contributed by atoms with E-state index in [-0.39, 0.29) is 4.90 Å². The van der Waals surface area contributed by atoms with Gasteiger partial charge in [-0.1, -0.05) is 11.6 Å². The van der Waals surface area contributed by atoms with Gasteiger partial charge in [0.25, 0.3) is 0 Å². The molecule has 1 unspecified atom stereocenters. The lowest BCUT2D eigenvalue weighted by atomic mass is 10.4. The Morgan fingerprint density at radius 2 is 2.04 bits per heavy atom. The summed E-state index contributed by atoms with van der Waals surface area (Å²) in [7, 11) is -0.173. The lowest BCUT2D eigenvalue weighted by molar-refractivity contribution is 0.468. The average molecular weight is 362 g/mol. The van der Waals surface area contributed by atoms with Crippen LogP contribution in [-0.4, -0.2) is 43.4 Å². The summed E-state index contributed by atoms with van der Waals surface area (Å²) < 4.78 is 33.0. The molecule has 2 rings (SSSR count). The molecule has 7 nitrogen and oxygen atoms in total. The number of hydrogen-bond acceptors (Lipinski definition) is 4. The monoisotopic (exact) mass is 361 g/mol. The molecule has 10 heteroatoms. The van der Waals surface area contributed by atoms with E-state index in [1.165, 1.54) is 30.6 Å². The number of benzene rings is 1. The van der Waals surface area contributed by atoms with Crippen LogP contribution in [0.2, 0.25) is 5.02 Å². The minimum absolute atomic E-state index is 0.120. The number of hydrogen-bond donors (Lipinski definition) is 1. The highest BCUT2D eigenvalue weighted by molar-refractivity contribution is 8.23. The van der Waals surface area contributed by atoms with Gasteiger partial charge in [-0.2, -0.15) is 8.96 Å². The maximum Gasteiger partial charge on any atom is 0.371 e. The van der Waals surface area contributed by atoms with Crippen LogP contribution >= 0.6 is 22.4 Å². The Kier molecular flexibility index (Phi) is 5.05.